The molecule has 1 N–H and O–H groups in total. The van der Waals surface area contributed by atoms with Gasteiger partial charge in [-0.2, -0.15) is 13.2 Å². The van der Waals surface area contributed by atoms with Gasteiger partial charge in [0.15, 0.2) is 0 Å². The summed E-state index contributed by atoms with van der Waals surface area (Å²) in [5.74, 6) is 0.604. The van der Waals surface area contributed by atoms with Gasteiger partial charge in [0.2, 0.25) is 0 Å². The monoisotopic (exact) mass is 319 g/mol. The number of nitrogens with zero attached hydrogens (tertiary/aromatic N) is 2. The zero-order valence-electron chi connectivity index (χ0n) is 12.0. The molecule has 1 aromatic heterocycles. The maximum Gasteiger partial charge on any atom is 0.401 e. The van der Waals surface area contributed by atoms with E-state index in [-0.39, 0.29) is 12.1 Å². The topological polar surface area (TPSA) is 28.2 Å². The van der Waals surface area contributed by atoms with Gasteiger partial charge >= 0.3 is 6.18 Å². The third-order valence-electron chi connectivity index (χ3n) is 4.09. The fourth-order valence-corrected chi connectivity index (χ4v) is 3.92. The molecule has 1 saturated heterocycles. The molecule has 1 saturated carbocycles. The zero-order chi connectivity index (χ0) is 15.0. The molecule has 21 heavy (non-hydrogen) atoms. The highest BCUT2D eigenvalue weighted by atomic mass is 32.1. The summed E-state index contributed by atoms with van der Waals surface area (Å²) in [6.45, 7) is 2.18. The second-order valence-corrected chi connectivity index (χ2v) is 7.03. The highest BCUT2D eigenvalue weighted by Gasteiger charge is 2.38. The van der Waals surface area contributed by atoms with Crippen molar-refractivity contribution in [3.05, 3.63) is 16.1 Å². The van der Waals surface area contributed by atoms with Crippen LogP contribution >= 0.6 is 11.3 Å². The molecule has 2 aliphatic rings. The van der Waals surface area contributed by atoms with E-state index in [0.717, 1.165) is 17.1 Å². The average molecular weight is 319 g/mol. The Bertz CT molecular complexity index is 484. The van der Waals surface area contributed by atoms with Crippen LogP contribution in [0.2, 0.25) is 0 Å². The van der Waals surface area contributed by atoms with E-state index in [1.54, 1.807) is 11.3 Å². The predicted molar refractivity (Wildman–Crippen MR) is 76.4 cm³/mol. The molecule has 3 nitrogen and oxygen atoms in total. The van der Waals surface area contributed by atoms with Crippen LogP contribution in [0, 0.1) is 12.8 Å². The lowest BCUT2D eigenvalue weighted by atomic mass is 10.1. The highest BCUT2D eigenvalue weighted by Crippen LogP contribution is 2.42. The van der Waals surface area contributed by atoms with Gasteiger partial charge < -0.3 is 5.32 Å². The van der Waals surface area contributed by atoms with Crippen molar-refractivity contribution in [1.29, 1.82) is 0 Å². The minimum Gasteiger partial charge on any atom is -0.304 e. The van der Waals surface area contributed by atoms with Crippen LogP contribution in [-0.2, 0) is 0 Å². The summed E-state index contributed by atoms with van der Waals surface area (Å²) in [4.78, 5) is 6.05. The Hall–Kier alpha value is -0.660. The second kappa shape index (κ2) is 5.85. The molecule has 2 fully saturated rings. The smallest absolute Gasteiger partial charge is 0.304 e. The van der Waals surface area contributed by atoms with Crippen molar-refractivity contribution in [3.63, 3.8) is 0 Å². The van der Waals surface area contributed by atoms with E-state index in [0.29, 0.717) is 19.0 Å². The number of hydrogen-bond acceptors (Lipinski definition) is 4. The Morgan fingerprint density at radius 3 is 2.76 bits per heavy atom. The number of halogens is 3. The normalized spacial score (nSPS) is 25.4. The Kier molecular flexibility index (Phi) is 4.25. The minimum atomic E-state index is -4.10. The van der Waals surface area contributed by atoms with Crippen LogP contribution in [0.25, 0.3) is 0 Å². The Labute approximate surface area is 126 Å². The number of rotatable bonds is 5. The van der Waals surface area contributed by atoms with Crippen molar-refractivity contribution in [1.82, 2.24) is 15.2 Å². The molecule has 0 bridgehead atoms. The largest absolute Gasteiger partial charge is 0.401 e. The molecular weight excluding hydrogens is 299 g/mol. The van der Waals surface area contributed by atoms with Gasteiger partial charge in [-0.25, -0.2) is 4.98 Å². The first-order valence-corrected chi connectivity index (χ1v) is 8.26. The van der Waals surface area contributed by atoms with Gasteiger partial charge in [-0.3, -0.25) is 4.90 Å². The molecule has 118 valence electrons. The molecule has 0 aromatic carbocycles. The molecule has 7 heteroatoms. The lowest BCUT2D eigenvalue weighted by Gasteiger charge is -2.22. The highest BCUT2D eigenvalue weighted by molar-refractivity contribution is 7.09. The van der Waals surface area contributed by atoms with Crippen molar-refractivity contribution < 1.29 is 13.2 Å². The number of nitrogens with one attached hydrogen (secondary N) is 1. The van der Waals surface area contributed by atoms with Gasteiger partial charge in [0.05, 0.1) is 12.6 Å². The Balaban J connectivity index is 1.58. The number of hydrogen-bond donors (Lipinski definition) is 1. The maximum atomic E-state index is 12.4. The van der Waals surface area contributed by atoms with Crippen molar-refractivity contribution in [2.24, 2.45) is 5.92 Å². The summed E-state index contributed by atoms with van der Waals surface area (Å²) >= 11 is 1.65. The Morgan fingerprint density at radius 1 is 1.43 bits per heavy atom. The molecule has 0 spiro atoms. The average Bonchev–Trinajstić information content (AvgIpc) is 2.99. The van der Waals surface area contributed by atoms with E-state index in [1.165, 1.54) is 17.7 Å². The summed E-state index contributed by atoms with van der Waals surface area (Å²) in [6, 6.07) is 0.363. The van der Waals surface area contributed by atoms with E-state index in [2.05, 4.69) is 10.3 Å². The van der Waals surface area contributed by atoms with E-state index in [4.69, 9.17) is 0 Å². The lowest BCUT2D eigenvalue weighted by Crippen LogP contribution is -2.38. The van der Waals surface area contributed by atoms with Crippen molar-refractivity contribution in [2.75, 3.05) is 19.6 Å². The van der Waals surface area contributed by atoms with E-state index in [1.807, 2.05) is 12.3 Å². The van der Waals surface area contributed by atoms with Crippen LogP contribution < -0.4 is 5.32 Å². The summed E-state index contributed by atoms with van der Waals surface area (Å²) in [6.07, 6.45) is -0.939. The molecule has 0 amide bonds. The van der Waals surface area contributed by atoms with Crippen LogP contribution in [-0.4, -0.2) is 41.7 Å². The van der Waals surface area contributed by atoms with Crippen LogP contribution in [0.15, 0.2) is 5.38 Å². The lowest BCUT2D eigenvalue weighted by molar-refractivity contribution is -0.143. The van der Waals surface area contributed by atoms with Crippen LogP contribution in [0.1, 0.15) is 36.0 Å². The second-order valence-electron chi connectivity index (χ2n) is 6.14. The summed E-state index contributed by atoms with van der Waals surface area (Å²) in [7, 11) is 0. The number of likely N-dealkylation sites (tertiary alicyclic amines) is 1. The molecule has 1 aromatic rings. The molecule has 1 aliphatic carbocycles. The van der Waals surface area contributed by atoms with Crippen LogP contribution in [0.5, 0.6) is 0 Å². The first kappa shape index (κ1) is 15.2. The minimum absolute atomic E-state index is 0.141. The molecule has 2 heterocycles. The van der Waals surface area contributed by atoms with E-state index >= 15 is 0 Å². The first-order chi connectivity index (χ1) is 9.90. The molecule has 1 aliphatic heterocycles. The van der Waals surface area contributed by atoms with Crippen molar-refractivity contribution >= 4 is 11.3 Å². The predicted octanol–water partition coefficient (Wildman–Crippen LogP) is 3.13. The standard InChI is InChI=1S/C14H20F3N3S/c1-9-7-21-13(18-9)12(10-2-3-10)19-11-4-5-20(6-11)8-14(15,16)17/h7,10-12,19H,2-6,8H2,1H3/t11-,12+/m1/s1. The van der Waals surface area contributed by atoms with Crippen LogP contribution in [0.3, 0.4) is 0 Å². The molecular formula is C14H20F3N3S. The van der Waals surface area contributed by atoms with Gasteiger partial charge in [-0.15, -0.1) is 11.3 Å². The van der Waals surface area contributed by atoms with Gasteiger partial charge in [-0.05, 0) is 32.1 Å². The zero-order valence-corrected chi connectivity index (χ0v) is 12.8. The number of alkyl halides is 3. The fourth-order valence-electron chi connectivity index (χ4n) is 2.97. The van der Waals surface area contributed by atoms with E-state index in [9.17, 15) is 13.2 Å². The molecule has 2 atom stereocenters. The molecule has 3 rings (SSSR count). The first-order valence-electron chi connectivity index (χ1n) is 7.38. The van der Waals surface area contributed by atoms with Gasteiger partial charge in [-0.1, -0.05) is 0 Å². The van der Waals surface area contributed by atoms with Crippen molar-refractivity contribution in [2.45, 2.75) is 44.4 Å². The summed E-state index contributed by atoms with van der Waals surface area (Å²) < 4.78 is 37.3. The molecule has 0 radical (unpaired) electrons. The third-order valence-corrected chi connectivity index (χ3v) is 5.13. The van der Waals surface area contributed by atoms with E-state index < -0.39 is 12.7 Å². The summed E-state index contributed by atoms with van der Waals surface area (Å²) in [5, 5.41) is 6.69. The molecule has 0 unspecified atom stereocenters. The van der Waals surface area contributed by atoms with Gasteiger partial charge in [0.1, 0.15) is 5.01 Å². The fraction of sp³-hybridized carbons (Fsp3) is 0.786. The maximum absolute atomic E-state index is 12.4. The quantitative estimate of drug-likeness (QED) is 0.904. The van der Waals surface area contributed by atoms with Crippen LogP contribution in [0.4, 0.5) is 13.2 Å². The Morgan fingerprint density at radius 2 is 2.19 bits per heavy atom. The number of thiazole rings is 1. The number of aryl methyl sites for hydroxylation is 1. The number of aromatic nitrogens is 1. The van der Waals surface area contributed by atoms with Crippen molar-refractivity contribution in [3.8, 4) is 0 Å². The third kappa shape index (κ3) is 4.17. The summed E-state index contributed by atoms with van der Waals surface area (Å²) in [5.41, 5.74) is 1.02. The SMILES string of the molecule is Cc1csc([C@@H](N[C@@H]2CCN(CC(F)(F)F)C2)C2CC2)n1. The van der Waals surface area contributed by atoms with Gasteiger partial charge in [0, 0.05) is 30.2 Å². The van der Waals surface area contributed by atoms with Gasteiger partial charge in [0.25, 0.3) is 0 Å².